The summed E-state index contributed by atoms with van der Waals surface area (Å²) >= 11 is 0. The van der Waals surface area contributed by atoms with Crippen molar-refractivity contribution in [3.63, 3.8) is 0 Å². The standard InChI is InChI=1S/C11H16N6O/c1-2-3-9-13-8(15-18-9)6-17-10(7-4-5-7)11(12)14-16-17/h7H,2-6,12H2,1H3. The highest BCUT2D eigenvalue weighted by atomic mass is 16.5. The highest BCUT2D eigenvalue weighted by Gasteiger charge is 2.30. The summed E-state index contributed by atoms with van der Waals surface area (Å²) < 4.78 is 6.93. The Kier molecular flexibility index (Phi) is 2.73. The van der Waals surface area contributed by atoms with Crippen LogP contribution in [0.2, 0.25) is 0 Å². The maximum Gasteiger partial charge on any atom is 0.226 e. The summed E-state index contributed by atoms with van der Waals surface area (Å²) in [6.45, 7) is 2.55. The molecule has 2 heterocycles. The Morgan fingerprint density at radius 3 is 3.00 bits per heavy atom. The molecule has 0 radical (unpaired) electrons. The summed E-state index contributed by atoms with van der Waals surface area (Å²) in [5, 5.41) is 11.9. The predicted octanol–water partition coefficient (Wildman–Crippen LogP) is 1.12. The van der Waals surface area contributed by atoms with E-state index in [0.29, 0.717) is 30.0 Å². The van der Waals surface area contributed by atoms with Crippen LogP contribution in [0.4, 0.5) is 5.82 Å². The van der Waals surface area contributed by atoms with Crippen molar-refractivity contribution >= 4 is 5.82 Å². The summed E-state index contributed by atoms with van der Waals surface area (Å²) in [4.78, 5) is 4.32. The largest absolute Gasteiger partial charge is 0.381 e. The zero-order valence-electron chi connectivity index (χ0n) is 10.3. The Balaban J connectivity index is 1.78. The molecule has 0 spiro atoms. The molecule has 2 aromatic rings. The molecule has 2 aromatic heterocycles. The number of anilines is 1. The van der Waals surface area contributed by atoms with Crippen LogP contribution in [-0.2, 0) is 13.0 Å². The molecule has 96 valence electrons. The fourth-order valence-corrected chi connectivity index (χ4v) is 2.03. The molecule has 1 saturated carbocycles. The first kappa shape index (κ1) is 11.2. The van der Waals surface area contributed by atoms with Gasteiger partial charge in [0.05, 0.1) is 5.69 Å². The molecule has 1 aliphatic carbocycles. The minimum atomic E-state index is 0.475. The molecule has 0 unspecified atom stereocenters. The molecule has 18 heavy (non-hydrogen) atoms. The second-order valence-electron chi connectivity index (χ2n) is 4.65. The van der Waals surface area contributed by atoms with Gasteiger partial charge in [-0.1, -0.05) is 17.3 Å². The van der Waals surface area contributed by atoms with E-state index in [-0.39, 0.29) is 0 Å². The summed E-state index contributed by atoms with van der Waals surface area (Å²) in [5.74, 6) is 2.33. The van der Waals surface area contributed by atoms with Crippen molar-refractivity contribution in [2.75, 3.05) is 5.73 Å². The van der Waals surface area contributed by atoms with E-state index < -0.39 is 0 Å². The van der Waals surface area contributed by atoms with E-state index in [2.05, 4.69) is 27.4 Å². The third-order valence-electron chi connectivity index (χ3n) is 3.03. The van der Waals surface area contributed by atoms with Crippen LogP contribution in [0, 0.1) is 0 Å². The van der Waals surface area contributed by atoms with Crippen LogP contribution in [0.15, 0.2) is 4.52 Å². The minimum Gasteiger partial charge on any atom is -0.381 e. The first-order valence-corrected chi connectivity index (χ1v) is 6.28. The number of nitrogens with two attached hydrogens (primary N) is 1. The minimum absolute atomic E-state index is 0.475. The summed E-state index contributed by atoms with van der Waals surface area (Å²) in [6.07, 6.45) is 4.11. The maximum absolute atomic E-state index is 5.83. The van der Waals surface area contributed by atoms with Crippen LogP contribution >= 0.6 is 0 Å². The third kappa shape index (κ3) is 2.07. The number of aromatic nitrogens is 5. The Morgan fingerprint density at radius 1 is 1.44 bits per heavy atom. The van der Waals surface area contributed by atoms with Crippen molar-refractivity contribution in [3.05, 3.63) is 17.4 Å². The van der Waals surface area contributed by atoms with Gasteiger partial charge in [-0.2, -0.15) is 4.98 Å². The van der Waals surface area contributed by atoms with E-state index in [1.807, 2.05) is 0 Å². The van der Waals surface area contributed by atoms with Crippen LogP contribution in [0.25, 0.3) is 0 Å². The van der Waals surface area contributed by atoms with Crippen LogP contribution in [0.3, 0.4) is 0 Å². The van der Waals surface area contributed by atoms with Crippen LogP contribution in [0.5, 0.6) is 0 Å². The Morgan fingerprint density at radius 2 is 2.28 bits per heavy atom. The highest BCUT2D eigenvalue weighted by molar-refractivity contribution is 5.38. The first-order valence-electron chi connectivity index (χ1n) is 6.28. The first-order chi connectivity index (χ1) is 8.78. The topological polar surface area (TPSA) is 95.7 Å². The monoisotopic (exact) mass is 248 g/mol. The van der Waals surface area contributed by atoms with Crippen LogP contribution < -0.4 is 5.73 Å². The zero-order chi connectivity index (χ0) is 12.5. The number of hydrogen-bond donors (Lipinski definition) is 1. The summed E-state index contributed by atoms with van der Waals surface area (Å²) in [5.41, 5.74) is 6.84. The molecule has 1 aliphatic rings. The molecule has 0 aliphatic heterocycles. The fourth-order valence-electron chi connectivity index (χ4n) is 2.03. The van der Waals surface area contributed by atoms with Gasteiger partial charge in [-0.05, 0) is 19.3 Å². The van der Waals surface area contributed by atoms with Crippen LogP contribution in [-0.4, -0.2) is 25.1 Å². The van der Waals surface area contributed by atoms with E-state index in [1.54, 1.807) is 4.68 Å². The van der Waals surface area contributed by atoms with Crippen LogP contribution in [0.1, 0.15) is 49.5 Å². The number of nitrogen functional groups attached to an aromatic ring is 1. The van der Waals surface area contributed by atoms with Gasteiger partial charge in [-0.15, -0.1) is 5.10 Å². The highest BCUT2D eigenvalue weighted by Crippen LogP contribution is 2.41. The smallest absolute Gasteiger partial charge is 0.226 e. The lowest BCUT2D eigenvalue weighted by Crippen LogP contribution is -2.08. The zero-order valence-corrected chi connectivity index (χ0v) is 10.3. The molecule has 0 bridgehead atoms. The average Bonchev–Trinajstić information content (AvgIpc) is 2.98. The normalized spacial score (nSPS) is 15.2. The molecule has 0 atom stereocenters. The van der Waals surface area contributed by atoms with Crippen molar-refractivity contribution in [1.29, 1.82) is 0 Å². The molecular formula is C11H16N6O. The number of aryl methyl sites for hydroxylation is 1. The van der Waals surface area contributed by atoms with Crippen molar-refractivity contribution in [2.24, 2.45) is 0 Å². The molecule has 3 rings (SSSR count). The molecule has 2 N–H and O–H groups in total. The van der Waals surface area contributed by atoms with Gasteiger partial charge in [0.2, 0.25) is 5.89 Å². The average molecular weight is 248 g/mol. The number of rotatable bonds is 5. The molecule has 0 aromatic carbocycles. The Bertz CT molecular complexity index is 541. The maximum atomic E-state index is 5.83. The van der Waals surface area contributed by atoms with E-state index >= 15 is 0 Å². The molecule has 1 fully saturated rings. The number of nitrogens with zero attached hydrogens (tertiary/aromatic N) is 5. The van der Waals surface area contributed by atoms with Gasteiger partial charge in [-0.25, -0.2) is 4.68 Å². The second kappa shape index (κ2) is 4.40. The molecular weight excluding hydrogens is 232 g/mol. The SMILES string of the molecule is CCCc1nc(Cn2nnc(N)c2C2CC2)no1. The quantitative estimate of drug-likeness (QED) is 0.851. The van der Waals surface area contributed by atoms with Gasteiger partial charge >= 0.3 is 0 Å². The van der Waals surface area contributed by atoms with Crippen molar-refractivity contribution in [1.82, 2.24) is 25.1 Å². The molecule has 7 heteroatoms. The van der Waals surface area contributed by atoms with Gasteiger partial charge in [0.15, 0.2) is 11.6 Å². The van der Waals surface area contributed by atoms with Gasteiger partial charge in [0.1, 0.15) is 6.54 Å². The van der Waals surface area contributed by atoms with Gasteiger partial charge in [0, 0.05) is 12.3 Å². The van der Waals surface area contributed by atoms with Crippen molar-refractivity contribution < 1.29 is 4.52 Å². The molecule has 0 saturated heterocycles. The lowest BCUT2D eigenvalue weighted by atomic mass is 10.3. The Labute approximate surface area is 104 Å². The lowest BCUT2D eigenvalue weighted by molar-refractivity contribution is 0.370. The second-order valence-corrected chi connectivity index (χ2v) is 4.65. The van der Waals surface area contributed by atoms with Gasteiger partial charge in [-0.3, -0.25) is 0 Å². The van der Waals surface area contributed by atoms with E-state index in [4.69, 9.17) is 10.3 Å². The Hall–Kier alpha value is -1.92. The number of hydrogen-bond acceptors (Lipinski definition) is 6. The van der Waals surface area contributed by atoms with Gasteiger partial charge < -0.3 is 10.3 Å². The third-order valence-corrected chi connectivity index (χ3v) is 3.03. The predicted molar refractivity (Wildman–Crippen MR) is 63.8 cm³/mol. The molecule has 7 nitrogen and oxygen atoms in total. The molecule has 0 amide bonds. The van der Waals surface area contributed by atoms with E-state index in [9.17, 15) is 0 Å². The summed E-state index contributed by atoms with van der Waals surface area (Å²) in [6, 6.07) is 0. The van der Waals surface area contributed by atoms with Crippen molar-refractivity contribution in [3.8, 4) is 0 Å². The summed E-state index contributed by atoms with van der Waals surface area (Å²) in [7, 11) is 0. The fraction of sp³-hybridized carbons (Fsp3) is 0.636. The van der Waals surface area contributed by atoms with Gasteiger partial charge in [0.25, 0.3) is 0 Å². The van der Waals surface area contributed by atoms with E-state index in [0.717, 1.165) is 31.4 Å². The van der Waals surface area contributed by atoms with E-state index in [1.165, 1.54) is 0 Å². The van der Waals surface area contributed by atoms with Crippen molar-refractivity contribution in [2.45, 2.75) is 45.1 Å². The lowest BCUT2D eigenvalue weighted by Gasteiger charge is -2.01.